The Labute approximate surface area is 117 Å². The van der Waals surface area contributed by atoms with E-state index in [1.165, 1.54) is 22.3 Å². The maximum Gasteiger partial charge on any atom is 0.125 e. The van der Waals surface area contributed by atoms with Gasteiger partial charge in [-0.05, 0) is 40.8 Å². The summed E-state index contributed by atoms with van der Waals surface area (Å²) in [6.07, 6.45) is 4.65. The van der Waals surface area contributed by atoms with Crippen molar-refractivity contribution in [2.24, 2.45) is 0 Å². The molecule has 0 aliphatic heterocycles. The number of aromatic nitrogens is 2. The number of imidazole rings is 1. The van der Waals surface area contributed by atoms with Crippen LogP contribution in [0.15, 0.2) is 54.9 Å². The number of anilines is 1. The minimum atomic E-state index is 0.721. The van der Waals surface area contributed by atoms with Gasteiger partial charge in [0, 0.05) is 18.1 Å². The first-order chi connectivity index (χ1) is 9.90. The van der Waals surface area contributed by atoms with Crippen LogP contribution in [0.2, 0.25) is 0 Å². The lowest BCUT2D eigenvalue weighted by molar-refractivity contribution is 0.999. The molecule has 98 valence electrons. The molecule has 0 radical (unpaired) electrons. The normalized spacial score (nSPS) is 12.0. The van der Waals surface area contributed by atoms with Crippen molar-refractivity contribution in [2.45, 2.75) is 13.0 Å². The largest absolute Gasteiger partial charge is 0.378 e. The van der Waals surface area contributed by atoms with E-state index < -0.39 is 0 Å². The van der Waals surface area contributed by atoms with Crippen LogP contribution >= 0.6 is 0 Å². The topological polar surface area (TPSA) is 40.7 Å². The summed E-state index contributed by atoms with van der Waals surface area (Å²) >= 11 is 0. The van der Waals surface area contributed by atoms with Crippen LogP contribution in [0, 0.1) is 0 Å². The van der Waals surface area contributed by atoms with Crippen LogP contribution in [0.4, 0.5) is 5.69 Å². The van der Waals surface area contributed by atoms with Gasteiger partial charge in [-0.15, -0.1) is 0 Å². The van der Waals surface area contributed by atoms with Crippen LogP contribution in [0.25, 0.3) is 11.1 Å². The highest BCUT2D eigenvalue weighted by atomic mass is 15.0. The third-order valence-electron chi connectivity index (χ3n) is 3.81. The maximum atomic E-state index is 4.22. The smallest absolute Gasteiger partial charge is 0.125 e. The van der Waals surface area contributed by atoms with Crippen molar-refractivity contribution in [2.75, 3.05) is 5.32 Å². The van der Waals surface area contributed by atoms with Gasteiger partial charge >= 0.3 is 0 Å². The Kier molecular flexibility index (Phi) is 2.56. The van der Waals surface area contributed by atoms with Gasteiger partial charge in [-0.25, -0.2) is 4.98 Å². The van der Waals surface area contributed by atoms with E-state index in [-0.39, 0.29) is 0 Å². The van der Waals surface area contributed by atoms with Crippen molar-refractivity contribution >= 4 is 5.69 Å². The minimum Gasteiger partial charge on any atom is -0.378 e. The van der Waals surface area contributed by atoms with Crippen molar-refractivity contribution in [3.8, 4) is 11.1 Å². The quantitative estimate of drug-likeness (QED) is 0.591. The Bertz CT molecular complexity index is 745. The van der Waals surface area contributed by atoms with Gasteiger partial charge in [0.25, 0.3) is 0 Å². The number of hydrogen-bond acceptors (Lipinski definition) is 2. The Morgan fingerprint density at radius 2 is 1.95 bits per heavy atom. The Morgan fingerprint density at radius 1 is 1.05 bits per heavy atom. The second kappa shape index (κ2) is 4.53. The lowest BCUT2D eigenvalue weighted by Gasteiger charge is -2.07. The zero-order valence-electron chi connectivity index (χ0n) is 11.1. The second-order valence-corrected chi connectivity index (χ2v) is 5.10. The van der Waals surface area contributed by atoms with Crippen molar-refractivity contribution < 1.29 is 0 Å². The van der Waals surface area contributed by atoms with Crippen molar-refractivity contribution in [1.29, 1.82) is 0 Å². The molecule has 4 rings (SSSR count). The zero-order valence-corrected chi connectivity index (χ0v) is 11.1. The summed E-state index contributed by atoms with van der Waals surface area (Å²) in [6.45, 7) is 0.721. The number of rotatable bonds is 3. The molecule has 0 unspecified atom stereocenters. The molecule has 1 aromatic heterocycles. The molecule has 1 heterocycles. The third-order valence-corrected chi connectivity index (χ3v) is 3.81. The van der Waals surface area contributed by atoms with Crippen molar-refractivity contribution in [1.82, 2.24) is 9.97 Å². The first-order valence-electron chi connectivity index (χ1n) is 6.83. The second-order valence-electron chi connectivity index (χ2n) is 5.10. The summed E-state index contributed by atoms with van der Waals surface area (Å²) in [5.74, 6) is 0.953. The fourth-order valence-corrected chi connectivity index (χ4v) is 2.84. The molecule has 0 saturated carbocycles. The van der Waals surface area contributed by atoms with Gasteiger partial charge in [-0.3, -0.25) is 0 Å². The van der Waals surface area contributed by atoms with E-state index in [1.807, 2.05) is 6.20 Å². The Morgan fingerprint density at radius 3 is 2.85 bits per heavy atom. The van der Waals surface area contributed by atoms with Gasteiger partial charge < -0.3 is 10.3 Å². The summed E-state index contributed by atoms with van der Waals surface area (Å²) in [5.41, 5.74) is 6.71. The number of benzene rings is 2. The van der Waals surface area contributed by atoms with Crippen LogP contribution in [-0.4, -0.2) is 9.97 Å². The highest BCUT2D eigenvalue weighted by Gasteiger charge is 2.17. The first kappa shape index (κ1) is 11.3. The highest BCUT2D eigenvalue weighted by Crippen LogP contribution is 2.37. The Balaban J connectivity index is 1.59. The average Bonchev–Trinajstić information content (AvgIpc) is 3.12. The average molecular weight is 261 g/mol. The van der Waals surface area contributed by atoms with Crippen LogP contribution in [0.3, 0.4) is 0 Å². The predicted octanol–water partition coefficient (Wildman–Crippen LogP) is 3.59. The molecule has 3 nitrogen and oxygen atoms in total. The van der Waals surface area contributed by atoms with Gasteiger partial charge in [-0.2, -0.15) is 0 Å². The third kappa shape index (κ3) is 1.88. The Hall–Kier alpha value is -2.55. The summed E-state index contributed by atoms with van der Waals surface area (Å²) in [4.78, 5) is 7.32. The molecule has 2 N–H and O–H groups in total. The van der Waals surface area contributed by atoms with E-state index >= 15 is 0 Å². The molecule has 2 aromatic carbocycles. The van der Waals surface area contributed by atoms with Crippen LogP contribution in [0.1, 0.15) is 17.0 Å². The number of hydrogen-bond donors (Lipinski definition) is 2. The van der Waals surface area contributed by atoms with Crippen LogP contribution in [-0.2, 0) is 13.0 Å². The standard InChI is InChI=1S/C17H15N3/c1-2-4-15-12(3-1)9-13-10-14(5-6-16(13)15)20-11-17-18-7-8-19-17/h1-8,10,20H,9,11H2,(H,18,19). The zero-order chi connectivity index (χ0) is 13.4. The maximum absolute atomic E-state index is 4.22. The SMILES string of the molecule is c1ccc2c(c1)Cc1cc(NCc3ncc[nH]3)ccc1-2. The predicted molar refractivity (Wildman–Crippen MR) is 80.6 cm³/mol. The van der Waals surface area contributed by atoms with E-state index in [1.54, 1.807) is 6.20 Å². The van der Waals surface area contributed by atoms with E-state index in [0.29, 0.717) is 0 Å². The fraction of sp³-hybridized carbons (Fsp3) is 0.118. The lowest BCUT2D eigenvalue weighted by Crippen LogP contribution is -2.01. The molecule has 3 heteroatoms. The van der Waals surface area contributed by atoms with E-state index in [9.17, 15) is 0 Å². The van der Waals surface area contributed by atoms with Gasteiger partial charge in [0.2, 0.25) is 0 Å². The molecule has 0 atom stereocenters. The monoisotopic (exact) mass is 261 g/mol. The van der Waals surface area contributed by atoms with Crippen molar-refractivity contribution in [3.05, 3.63) is 71.8 Å². The van der Waals surface area contributed by atoms with E-state index in [2.05, 4.69) is 57.7 Å². The number of fused-ring (bicyclic) bond motifs is 3. The highest BCUT2D eigenvalue weighted by molar-refractivity contribution is 5.78. The van der Waals surface area contributed by atoms with Crippen LogP contribution < -0.4 is 5.32 Å². The fourth-order valence-electron chi connectivity index (χ4n) is 2.84. The number of aromatic amines is 1. The molecule has 1 aliphatic carbocycles. The molecular formula is C17H15N3. The van der Waals surface area contributed by atoms with Gasteiger partial charge in [0.1, 0.15) is 5.82 Å². The van der Waals surface area contributed by atoms with E-state index in [0.717, 1.165) is 24.5 Å². The molecule has 1 aliphatic rings. The molecular weight excluding hydrogens is 246 g/mol. The molecule has 0 amide bonds. The van der Waals surface area contributed by atoms with Crippen molar-refractivity contribution in [3.63, 3.8) is 0 Å². The number of nitrogens with one attached hydrogen (secondary N) is 2. The van der Waals surface area contributed by atoms with Gasteiger partial charge in [0.05, 0.1) is 6.54 Å². The summed E-state index contributed by atoms with van der Waals surface area (Å²) in [7, 11) is 0. The van der Waals surface area contributed by atoms with E-state index in [4.69, 9.17) is 0 Å². The summed E-state index contributed by atoms with van der Waals surface area (Å²) in [6, 6.07) is 15.2. The molecule has 3 aromatic rings. The lowest BCUT2D eigenvalue weighted by atomic mass is 10.1. The molecule has 0 bridgehead atoms. The summed E-state index contributed by atoms with van der Waals surface area (Å²) in [5, 5.41) is 3.41. The minimum absolute atomic E-state index is 0.721. The van der Waals surface area contributed by atoms with Gasteiger partial charge in [0.15, 0.2) is 0 Å². The molecule has 0 saturated heterocycles. The summed E-state index contributed by atoms with van der Waals surface area (Å²) < 4.78 is 0. The molecule has 0 fully saturated rings. The first-order valence-corrected chi connectivity index (χ1v) is 6.83. The van der Waals surface area contributed by atoms with Gasteiger partial charge in [-0.1, -0.05) is 30.3 Å². The molecule has 20 heavy (non-hydrogen) atoms. The van der Waals surface area contributed by atoms with Crippen LogP contribution in [0.5, 0.6) is 0 Å². The number of H-pyrrole nitrogens is 1. The number of nitrogens with zero attached hydrogens (tertiary/aromatic N) is 1. The molecule has 0 spiro atoms.